The van der Waals surface area contributed by atoms with Gasteiger partial charge in [-0.15, -0.1) is 0 Å². The van der Waals surface area contributed by atoms with Crippen LogP contribution in [0.25, 0.3) is 0 Å². The van der Waals surface area contributed by atoms with Crippen molar-refractivity contribution in [1.82, 2.24) is 0 Å². The zero-order chi connectivity index (χ0) is 25.6. The summed E-state index contributed by atoms with van der Waals surface area (Å²) in [5.41, 5.74) is 0. The van der Waals surface area contributed by atoms with Gasteiger partial charge in [-0.3, -0.25) is 9.59 Å². The molecular weight excluding hydrogens is 464 g/mol. The van der Waals surface area contributed by atoms with E-state index in [9.17, 15) is 14.7 Å². The third-order valence-electron chi connectivity index (χ3n) is 6.34. The van der Waals surface area contributed by atoms with Crippen molar-refractivity contribution in [2.75, 3.05) is 13.2 Å². The quantitative estimate of drug-likeness (QED) is 0.418. The summed E-state index contributed by atoms with van der Waals surface area (Å²) < 4.78 is 24.0. The van der Waals surface area contributed by atoms with E-state index in [1.54, 1.807) is 0 Å². The highest BCUT2D eigenvalue weighted by atomic mass is 28.4. The molecule has 0 unspecified atom stereocenters. The Morgan fingerprint density at radius 1 is 1.00 bits per heavy atom. The van der Waals surface area contributed by atoms with Crippen molar-refractivity contribution in [2.45, 2.75) is 70.5 Å². The molecular formula is C27H36O7Si. The summed E-state index contributed by atoms with van der Waals surface area (Å²) in [7, 11) is -2.83. The highest BCUT2D eigenvalue weighted by Crippen LogP contribution is 2.38. The van der Waals surface area contributed by atoms with Crippen molar-refractivity contribution in [3.05, 3.63) is 60.7 Å². The van der Waals surface area contributed by atoms with E-state index in [0.29, 0.717) is 6.42 Å². The normalized spacial score (nSPS) is 21.4. The third kappa shape index (κ3) is 6.19. The number of benzene rings is 2. The first-order valence-electron chi connectivity index (χ1n) is 11.9. The van der Waals surface area contributed by atoms with Gasteiger partial charge in [0.25, 0.3) is 8.32 Å². The molecule has 4 atom stereocenters. The summed E-state index contributed by atoms with van der Waals surface area (Å²) in [5, 5.41) is 11.8. The standard InChI is InChI=1S/C27H36O7Si/c1-19(29)32-24-16-23(25(17-28)33-20(2)30)34-26(24)18-31-35(27(3,4)5,21-12-8-6-9-13-21)22-14-10-7-11-15-22/h6-15,23-26,28H,16-18H2,1-5H3/t23-,24-,25+,26+/m0/s1. The molecule has 0 spiro atoms. The highest BCUT2D eigenvalue weighted by molar-refractivity contribution is 6.99. The van der Waals surface area contributed by atoms with Gasteiger partial charge in [-0.25, -0.2) is 0 Å². The summed E-state index contributed by atoms with van der Waals surface area (Å²) >= 11 is 0. The number of carbonyl (C=O) groups is 2. The number of carbonyl (C=O) groups excluding carboxylic acids is 2. The first kappa shape index (κ1) is 27.1. The number of aliphatic hydroxyl groups is 1. The molecule has 3 rings (SSSR count). The van der Waals surface area contributed by atoms with E-state index in [0.717, 1.165) is 10.4 Å². The summed E-state index contributed by atoms with van der Waals surface area (Å²) in [4.78, 5) is 23.3. The van der Waals surface area contributed by atoms with Crippen LogP contribution in [0.1, 0.15) is 41.0 Å². The van der Waals surface area contributed by atoms with Gasteiger partial charge in [0.05, 0.1) is 13.2 Å². The van der Waals surface area contributed by atoms with Crippen molar-refractivity contribution in [3.8, 4) is 0 Å². The SMILES string of the molecule is CC(=O)O[C@H]1C[C@@H]([C@@H](CO)OC(C)=O)O[C@@H]1CO[Si](c1ccccc1)(c1ccccc1)C(C)(C)C. The minimum Gasteiger partial charge on any atom is -0.460 e. The van der Waals surface area contributed by atoms with E-state index in [4.69, 9.17) is 18.6 Å². The summed E-state index contributed by atoms with van der Waals surface area (Å²) in [6, 6.07) is 20.5. The molecule has 2 aromatic carbocycles. The summed E-state index contributed by atoms with van der Waals surface area (Å²) in [5.74, 6) is -0.938. The number of hydrogen-bond acceptors (Lipinski definition) is 7. The monoisotopic (exact) mass is 500 g/mol. The molecule has 1 aliphatic rings. The van der Waals surface area contributed by atoms with Crippen LogP contribution in [0.4, 0.5) is 0 Å². The van der Waals surface area contributed by atoms with Crippen LogP contribution in [-0.2, 0) is 28.2 Å². The van der Waals surface area contributed by atoms with Gasteiger partial charge in [-0.2, -0.15) is 0 Å². The Balaban J connectivity index is 1.95. The Kier molecular flexibility index (Phi) is 8.88. The maximum Gasteiger partial charge on any atom is 0.303 e. The lowest BCUT2D eigenvalue weighted by Crippen LogP contribution is -2.67. The molecule has 7 nitrogen and oxygen atoms in total. The Bertz CT molecular complexity index is 935. The summed E-state index contributed by atoms with van der Waals surface area (Å²) in [6.45, 7) is 8.98. The van der Waals surface area contributed by atoms with Crippen LogP contribution in [0.3, 0.4) is 0 Å². The molecule has 35 heavy (non-hydrogen) atoms. The van der Waals surface area contributed by atoms with Crippen LogP contribution >= 0.6 is 0 Å². The first-order valence-corrected chi connectivity index (χ1v) is 13.8. The van der Waals surface area contributed by atoms with Crippen LogP contribution < -0.4 is 10.4 Å². The minimum atomic E-state index is -2.83. The number of rotatable bonds is 9. The maximum absolute atomic E-state index is 11.8. The predicted octanol–water partition coefficient (Wildman–Crippen LogP) is 2.58. The molecule has 0 bridgehead atoms. The number of esters is 2. The lowest BCUT2D eigenvalue weighted by molar-refractivity contribution is -0.159. The number of hydrogen-bond donors (Lipinski definition) is 1. The van der Waals surface area contributed by atoms with Gasteiger partial charge in [-0.1, -0.05) is 81.4 Å². The van der Waals surface area contributed by atoms with Crippen LogP contribution in [0, 0.1) is 0 Å². The van der Waals surface area contributed by atoms with Crippen LogP contribution in [0.5, 0.6) is 0 Å². The van der Waals surface area contributed by atoms with E-state index in [-0.39, 0.29) is 18.3 Å². The summed E-state index contributed by atoms with van der Waals surface area (Å²) in [6.07, 6.45) is -2.31. The van der Waals surface area contributed by atoms with Gasteiger partial charge in [-0.05, 0) is 15.4 Å². The predicted molar refractivity (Wildman–Crippen MR) is 135 cm³/mol. The Labute approximate surface area is 208 Å². The molecule has 1 N–H and O–H groups in total. The lowest BCUT2D eigenvalue weighted by Gasteiger charge is -2.43. The molecule has 0 saturated carbocycles. The molecule has 2 aromatic rings. The average Bonchev–Trinajstić information content (AvgIpc) is 3.20. The smallest absolute Gasteiger partial charge is 0.303 e. The van der Waals surface area contributed by atoms with Gasteiger partial charge >= 0.3 is 11.9 Å². The van der Waals surface area contributed by atoms with Crippen molar-refractivity contribution in [2.24, 2.45) is 0 Å². The number of aliphatic hydroxyl groups excluding tert-OH is 1. The van der Waals surface area contributed by atoms with Crippen molar-refractivity contribution >= 4 is 30.6 Å². The molecule has 1 heterocycles. The molecule has 0 aliphatic carbocycles. The van der Waals surface area contributed by atoms with Crippen molar-refractivity contribution in [1.29, 1.82) is 0 Å². The van der Waals surface area contributed by atoms with Crippen LogP contribution in [-0.4, -0.2) is 63.0 Å². The van der Waals surface area contributed by atoms with E-state index in [1.807, 2.05) is 36.4 Å². The second kappa shape index (κ2) is 11.5. The van der Waals surface area contributed by atoms with Gasteiger partial charge in [0.2, 0.25) is 0 Å². The van der Waals surface area contributed by atoms with Gasteiger partial charge in [0, 0.05) is 20.3 Å². The van der Waals surface area contributed by atoms with Crippen LogP contribution in [0.15, 0.2) is 60.7 Å². The molecule has 0 radical (unpaired) electrons. The lowest BCUT2D eigenvalue weighted by atomic mass is 10.1. The largest absolute Gasteiger partial charge is 0.460 e. The topological polar surface area (TPSA) is 91.3 Å². The minimum absolute atomic E-state index is 0.181. The Morgan fingerprint density at radius 2 is 1.54 bits per heavy atom. The second-order valence-electron chi connectivity index (χ2n) is 9.90. The van der Waals surface area contributed by atoms with Gasteiger partial charge in [0.1, 0.15) is 18.3 Å². The fraction of sp³-hybridized carbons (Fsp3) is 0.481. The fourth-order valence-electron chi connectivity index (χ4n) is 4.88. The third-order valence-corrected chi connectivity index (χ3v) is 11.3. The number of ether oxygens (including phenoxy) is 3. The molecule has 1 aliphatic heterocycles. The highest BCUT2D eigenvalue weighted by Gasteiger charge is 2.52. The maximum atomic E-state index is 11.8. The zero-order valence-electron chi connectivity index (χ0n) is 21.1. The van der Waals surface area contributed by atoms with Gasteiger partial charge in [0.15, 0.2) is 6.10 Å². The Hall–Kier alpha value is -2.52. The van der Waals surface area contributed by atoms with Crippen LogP contribution in [0.2, 0.25) is 5.04 Å². The molecule has 8 heteroatoms. The molecule has 190 valence electrons. The van der Waals surface area contributed by atoms with E-state index in [1.165, 1.54) is 13.8 Å². The zero-order valence-corrected chi connectivity index (χ0v) is 22.1. The molecule has 0 amide bonds. The molecule has 1 fully saturated rings. The van der Waals surface area contributed by atoms with E-state index < -0.39 is 44.7 Å². The molecule has 1 saturated heterocycles. The fourth-order valence-corrected chi connectivity index (χ4v) is 9.45. The van der Waals surface area contributed by atoms with Crippen molar-refractivity contribution in [3.63, 3.8) is 0 Å². The first-order chi connectivity index (χ1) is 16.6. The van der Waals surface area contributed by atoms with Gasteiger partial charge < -0.3 is 23.7 Å². The van der Waals surface area contributed by atoms with E-state index in [2.05, 4.69) is 45.0 Å². The van der Waals surface area contributed by atoms with Crippen molar-refractivity contribution < 1.29 is 33.3 Å². The second-order valence-corrected chi connectivity index (χ2v) is 14.2. The Morgan fingerprint density at radius 3 is 1.97 bits per heavy atom. The molecule has 0 aromatic heterocycles. The van der Waals surface area contributed by atoms with E-state index >= 15 is 0 Å². The average molecular weight is 501 g/mol.